The van der Waals surface area contributed by atoms with Crippen molar-refractivity contribution in [3.63, 3.8) is 0 Å². The molecular weight excluding hydrogens is 114 g/mol. The highest BCUT2D eigenvalue weighted by Crippen LogP contribution is 1.75. The molecule has 0 amide bonds. The Balaban J connectivity index is 3.47. The number of rotatable bonds is 3. The van der Waals surface area contributed by atoms with Gasteiger partial charge in [0.15, 0.2) is 5.78 Å². The van der Waals surface area contributed by atoms with Gasteiger partial charge in [-0.1, -0.05) is 6.08 Å². The fraction of sp³-hybridized carbons (Fsp3) is 0.286. The molecule has 0 unspecified atom stereocenters. The molecule has 0 spiro atoms. The van der Waals surface area contributed by atoms with E-state index in [9.17, 15) is 4.79 Å². The van der Waals surface area contributed by atoms with Gasteiger partial charge in [-0.3, -0.25) is 4.79 Å². The van der Waals surface area contributed by atoms with Gasteiger partial charge in [0.2, 0.25) is 0 Å². The molecule has 0 aliphatic rings. The van der Waals surface area contributed by atoms with E-state index in [1.807, 2.05) is 0 Å². The van der Waals surface area contributed by atoms with Crippen LogP contribution in [0.4, 0.5) is 0 Å². The maximum absolute atomic E-state index is 10.3. The molecule has 0 fully saturated rings. The lowest BCUT2D eigenvalue weighted by Gasteiger charge is -1.79. The topological polar surface area (TPSA) is 29.1 Å². The molecule has 0 aromatic carbocycles. The van der Waals surface area contributed by atoms with Crippen LogP contribution < -0.4 is 5.32 Å². The van der Waals surface area contributed by atoms with Crippen LogP contribution in [0.3, 0.4) is 0 Å². The van der Waals surface area contributed by atoms with Gasteiger partial charge in [0.25, 0.3) is 0 Å². The Morgan fingerprint density at radius 1 is 1.44 bits per heavy atom. The highest BCUT2D eigenvalue weighted by Gasteiger charge is 1.75. The standard InChI is InChI=1S/C7H11NO/c1-7(9)5-3-4-6-8-2/h3-6,8H,1-2H3/b5-3-,6-4-. The molecule has 0 aliphatic heterocycles. The summed E-state index contributed by atoms with van der Waals surface area (Å²) < 4.78 is 0. The SMILES string of the molecule is CN/C=C\C=C/C(C)=O. The molecule has 0 rings (SSSR count). The summed E-state index contributed by atoms with van der Waals surface area (Å²) in [5.74, 6) is 0.0655. The van der Waals surface area contributed by atoms with Crippen LogP contribution in [0.1, 0.15) is 6.92 Å². The fourth-order valence-electron chi connectivity index (χ4n) is 0.343. The van der Waals surface area contributed by atoms with Gasteiger partial charge in [0.05, 0.1) is 0 Å². The number of carbonyl (C=O) groups is 1. The summed E-state index contributed by atoms with van der Waals surface area (Å²) in [4.78, 5) is 10.3. The van der Waals surface area contributed by atoms with E-state index in [-0.39, 0.29) is 5.78 Å². The van der Waals surface area contributed by atoms with E-state index in [4.69, 9.17) is 0 Å². The van der Waals surface area contributed by atoms with Crippen LogP contribution in [-0.2, 0) is 4.79 Å². The van der Waals surface area contributed by atoms with Gasteiger partial charge in [0, 0.05) is 7.05 Å². The second-order valence-corrected chi connectivity index (χ2v) is 1.62. The largest absolute Gasteiger partial charge is 0.394 e. The number of carbonyl (C=O) groups excluding carboxylic acids is 1. The predicted octanol–water partition coefficient (Wildman–Crippen LogP) is 0.865. The summed E-state index contributed by atoms with van der Waals surface area (Å²) >= 11 is 0. The quantitative estimate of drug-likeness (QED) is 0.448. The van der Waals surface area contributed by atoms with Crippen LogP contribution in [0.5, 0.6) is 0 Å². The van der Waals surface area contributed by atoms with Crippen molar-refractivity contribution in [1.82, 2.24) is 5.32 Å². The van der Waals surface area contributed by atoms with E-state index < -0.39 is 0 Å². The zero-order chi connectivity index (χ0) is 7.11. The molecule has 2 heteroatoms. The molecule has 0 atom stereocenters. The van der Waals surface area contributed by atoms with E-state index in [1.165, 1.54) is 13.0 Å². The Labute approximate surface area is 55.3 Å². The number of hydrogen-bond donors (Lipinski definition) is 1. The van der Waals surface area contributed by atoms with E-state index in [0.717, 1.165) is 0 Å². The number of hydrogen-bond acceptors (Lipinski definition) is 2. The van der Waals surface area contributed by atoms with Gasteiger partial charge in [-0.2, -0.15) is 0 Å². The molecule has 1 N–H and O–H groups in total. The van der Waals surface area contributed by atoms with Crippen LogP contribution in [0.25, 0.3) is 0 Å². The minimum Gasteiger partial charge on any atom is -0.394 e. The molecule has 0 heterocycles. The highest BCUT2D eigenvalue weighted by atomic mass is 16.1. The second-order valence-electron chi connectivity index (χ2n) is 1.62. The Morgan fingerprint density at radius 3 is 2.56 bits per heavy atom. The van der Waals surface area contributed by atoms with E-state index in [0.29, 0.717) is 0 Å². The summed E-state index contributed by atoms with van der Waals surface area (Å²) in [5.41, 5.74) is 0. The van der Waals surface area contributed by atoms with Crippen molar-refractivity contribution < 1.29 is 4.79 Å². The minimum atomic E-state index is 0.0655. The first kappa shape index (κ1) is 7.95. The van der Waals surface area contributed by atoms with Crippen LogP contribution in [0.15, 0.2) is 24.4 Å². The first-order chi connectivity index (χ1) is 4.27. The van der Waals surface area contributed by atoms with Crippen molar-refractivity contribution in [1.29, 1.82) is 0 Å². The van der Waals surface area contributed by atoms with Crippen molar-refractivity contribution >= 4 is 5.78 Å². The maximum Gasteiger partial charge on any atom is 0.152 e. The Hall–Kier alpha value is -1.05. The summed E-state index contributed by atoms with van der Waals surface area (Å²) in [7, 11) is 1.80. The third-order valence-corrected chi connectivity index (χ3v) is 0.705. The van der Waals surface area contributed by atoms with Crippen molar-refractivity contribution in [3.8, 4) is 0 Å². The molecule has 9 heavy (non-hydrogen) atoms. The third-order valence-electron chi connectivity index (χ3n) is 0.705. The van der Waals surface area contributed by atoms with Crippen LogP contribution in [-0.4, -0.2) is 12.8 Å². The van der Waals surface area contributed by atoms with Crippen molar-refractivity contribution in [2.45, 2.75) is 6.92 Å². The Bertz CT molecular complexity index is 136. The number of ketones is 1. The minimum absolute atomic E-state index is 0.0655. The molecule has 2 nitrogen and oxygen atoms in total. The van der Waals surface area contributed by atoms with Crippen molar-refractivity contribution in [2.24, 2.45) is 0 Å². The summed E-state index contributed by atoms with van der Waals surface area (Å²) in [6, 6.07) is 0. The zero-order valence-corrected chi connectivity index (χ0v) is 5.72. The maximum atomic E-state index is 10.3. The molecule has 0 saturated heterocycles. The molecule has 0 saturated carbocycles. The van der Waals surface area contributed by atoms with Crippen LogP contribution >= 0.6 is 0 Å². The van der Waals surface area contributed by atoms with Crippen LogP contribution in [0, 0.1) is 0 Å². The van der Waals surface area contributed by atoms with E-state index in [1.54, 1.807) is 25.4 Å². The van der Waals surface area contributed by atoms with Gasteiger partial charge < -0.3 is 5.32 Å². The Morgan fingerprint density at radius 2 is 2.11 bits per heavy atom. The third kappa shape index (κ3) is 6.95. The van der Waals surface area contributed by atoms with Gasteiger partial charge >= 0.3 is 0 Å². The van der Waals surface area contributed by atoms with Gasteiger partial charge in [0.1, 0.15) is 0 Å². The molecule has 0 bridgehead atoms. The number of allylic oxidation sites excluding steroid dienone is 3. The lowest BCUT2D eigenvalue weighted by atomic mass is 10.4. The van der Waals surface area contributed by atoms with Crippen molar-refractivity contribution in [3.05, 3.63) is 24.4 Å². The molecule has 0 radical (unpaired) electrons. The Kier molecular flexibility index (Phi) is 4.50. The second kappa shape index (κ2) is 5.09. The first-order valence-electron chi connectivity index (χ1n) is 2.78. The highest BCUT2D eigenvalue weighted by molar-refractivity contribution is 5.87. The van der Waals surface area contributed by atoms with E-state index in [2.05, 4.69) is 5.32 Å². The molecule has 0 aromatic rings. The summed E-state index contributed by atoms with van der Waals surface area (Å²) in [5, 5.41) is 2.80. The van der Waals surface area contributed by atoms with Gasteiger partial charge in [-0.15, -0.1) is 0 Å². The molecular formula is C7H11NO. The lowest BCUT2D eigenvalue weighted by molar-refractivity contribution is -0.112. The molecule has 50 valence electrons. The fourth-order valence-corrected chi connectivity index (χ4v) is 0.343. The average Bonchev–Trinajstić information content (AvgIpc) is 1.80. The van der Waals surface area contributed by atoms with Crippen molar-refractivity contribution in [2.75, 3.05) is 7.05 Å². The predicted molar refractivity (Wildman–Crippen MR) is 38.0 cm³/mol. The van der Waals surface area contributed by atoms with E-state index >= 15 is 0 Å². The summed E-state index contributed by atoms with van der Waals surface area (Å²) in [6.45, 7) is 1.52. The normalized spacial score (nSPS) is 10.9. The molecule has 0 aliphatic carbocycles. The summed E-state index contributed by atoms with van der Waals surface area (Å²) in [6.07, 6.45) is 6.72. The lowest BCUT2D eigenvalue weighted by Crippen LogP contribution is -1.89. The monoisotopic (exact) mass is 125 g/mol. The smallest absolute Gasteiger partial charge is 0.152 e. The average molecular weight is 125 g/mol. The first-order valence-corrected chi connectivity index (χ1v) is 2.78. The van der Waals surface area contributed by atoms with Gasteiger partial charge in [-0.05, 0) is 25.3 Å². The van der Waals surface area contributed by atoms with Gasteiger partial charge in [-0.25, -0.2) is 0 Å². The van der Waals surface area contributed by atoms with Crippen LogP contribution in [0.2, 0.25) is 0 Å². The molecule has 0 aromatic heterocycles. The number of nitrogens with one attached hydrogen (secondary N) is 1. The zero-order valence-electron chi connectivity index (χ0n) is 5.72.